The van der Waals surface area contributed by atoms with Crippen molar-refractivity contribution in [3.8, 4) is 28.4 Å². The molecule has 0 atom stereocenters. The Morgan fingerprint density at radius 2 is 1.54 bits per heavy atom. The van der Waals surface area contributed by atoms with Crippen molar-refractivity contribution in [3.05, 3.63) is 77.4 Å². The van der Waals surface area contributed by atoms with Gasteiger partial charge in [-0.3, -0.25) is 0 Å². The third kappa shape index (κ3) is 4.29. The summed E-state index contributed by atoms with van der Waals surface area (Å²) in [6.45, 7) is 3.57. The van der Waals surface area contributed by atoms with E-state index in [0.29, 0.717) is 23.8 Å². The first-order valence-corrected chi connectivity index (χ1v) is 9.31. The van der Waals surface area contributed by atoms with E-state index < -0.39 is 0 Å². The van der Waals surface area contributed by atoms with Crippen LogP contribution in [0.1, 0.15) is 16.7 Å². The number of hydrogen-bond acceptors (Lipinski definition) is 4. The molecule has 1 N–H and O–H groups in total. The molecule has 0 fully saturated rings. The topological polar surface area (TPSA) is 39.7 Å². The van der Waals surface area contributed by atoms with Gasteiger partial charge in [0.1, 0.15) is 0 Å². The van der Waals surface area contributed by atoms with Gasteiger partial charge in [0.25, 0.3) is 0 Å². The van der Waals surface area contributed by atoms with Gasteiger partial charge in [0.05, 0.1) is 21.3 Å². The normalized spacial score (nSPS) is 10.6. The lowest BCUT2D eigenvalue weighted by Crippen LogP contribution is -2.14. The van der Waals surface area contributed by atoms with Crippen LogP contribution in [-0.4, -0.2) is 21.3 Å². The minimum atomic E-state index is 0.617. The Hall–Kier alpha value is -2.98. The SMILES string of the molecule is COc1ccc(CNCc2cccc(-c3ccccc3C)c2)c(OC)c1OC. The van der Waals surface area contributed by atoms with E-state index in [1.807, 2.05) is 12.1 Å². The van der Waals surface area contributed by atoms with E-state index in [4.69, 9.17) is 14.2 Å². The molecular formula is C24H27NO3. The number of ether oxygens (including phenoxy) is 3. The van der Waals surface area contributed by atoms with Gasteiger partial charge in [-0.15, -0.1) is 0 Å². The van der Waals surface area contributed by atoms with Crippen molar-refractivity contribution in [1.29, 1.82) is 0 Å². The highest BCUT2D eigenvalue weighted by Gasteiger charge is 2.15. The van der Waals surface area contributed by atoms with Gasteiger partial charge in [-0.1, -0.05) is 48.5 Å². The van der Waals surface area contributed by atoms with E-state index in [1.165, 1.54) is 22.3 Å². The number of nitrogens with one attached hydrogen (secondary N) is 1. The standard InChI is InChI=1S/C24H27NO3/c1-17-8-5-6-11-21(17)19-10-7-9-18(14-19)15-25-16-20-12-13-22(26-2)24(28-4)23(20)27-3/h5-14,25H,15-16H2,1-4H3. The fraction of sp³-hybridized carbons (Fsp3) is 0.250. The Morgan fingerprint density at radius 1 is 0.750 bits per heavy atom. The Kier molecular flexibility index (Phi) is 6.56. The molecular weight excluding hydrogens is 350 g/mol. The third-order valence-corrected chi connectivity index (χ3v) is 4.81. The largest absolute Gasteiger partial charge is 0.493 e. The maximum Gasteiger partial charge on any atom is 0.203 e. The van der Waals surface area contributed by atoms with Crippen LogP contribution < -0.4 is 19.5 Å². The summed E-state index contributed by atoms with van der Waals surface area (Å²) < 4.78 is 16.4. The second-order valence-electron chi connectivity index (χ2n) is 6.61. The lowest BCUT2D eigenvalue weighted by molar-refractivity contribution is 0.321. The maximum absolute atomic E-state index is 5.56. The number of benzene rings is 3. The van der Waals surface area contributed by atoms with Crippen LogP contribution in [0.5, 0.6) is 17.2 Å². The van der Waals surface area contributed by atoms with E-state index >= 15 is 0 Å². The first kappa shape index (κ1) is 19.8. The van der Waals surface area contributed by atoms with Crippen molar-refractivity contribution in [2.75, 3.05) is 21.3 Å². The van der Waals surface area contributed by atoms with Gasteiger partial charge >= 0.3 is 0 Å². The van der Waals surface area contributed by atoms with Gasteiger partial charge in [0.2, 0.25) is 5.75 Å². The van der Waals surface area contributed by atoms with Crippen molar-refractivity contribution in [2.24, 2.45) is 0 Å². The third-order valence-electron chi connectivity index (χ3n) is 4.81. The lowest BCUT2D eigenvalue weighted by Gasteiger charge is -2.16. The predicted molar refractivity (Wildman–Crippen MR) is 113 cm³/mol. The van der Waals surface area contributed by atoms with E-state index in [-0.39, 0.29) is 0 Å². The molecule has 28 heavy (non-hydrogen) atoms. The summed E-state index contributed by atoms with van der Waals surface area (Å²) in [4.78, 5) is 0. The molecule has 0 bridgehead atoms. The minimum Gasteiger partial charge on any atom is -0.493 e. The molecule has 0 aromatic heterocycles. The number of rotatable bonds is 8. The highest BCUT2D eigenvalue weighted by Crippen LogP contribution is 2.39. The molecule has 0 saturated carbocycles. The molecule has 4 heteroatoms. The highest BCUT2D eigenvalue weighted by atomic mass is 16.5. The first-order valence-electron chi connectivity index (χ1n) is 9.31. The molecule has 0 saturated heterocycles. The summed E-state index contributed by atoms with van der Waals surface area (Å²) in [6, 6.07) is 21.0. The Labute approximate surface area is 167 Å². The molecule has 0 radical (unpaired) electrons. The summed E-state index contributed by atoms with van der Waals surface area (Å²) in [5.74, 6) is 1.97. The minimum absolute atomic E-state index is 0.617. The Morgan fingerprint density at radius 3 is 2.25 bits per heavy atom. The van der Waals surface area contributed by atoms with Crippen LogP contribution in [0, 0.1) is 6.92 Å². The summed E-state index contributed by atoms with van der Waals surface area (Å²) in [5.41, 5.74) is 6.05. The van der Waals surface area contributed by atoms with Gasteiger partial charge in [-0.25, -0.2) is 0 Å². The summed E-state index contributed by atoms with van der Waals surface area (Å²) in [7, 11) is 4.89. The number of hydrogen-bond donors (Lipinski definition) is 1. The van der Waals surface area contributed by atoms with Crippen molar-refractivity contribution in [1.82, 2.24) is 5.32 Å². The first-order chi connectivity index (χ1) is 13.7. The van der Waals surface area contributed by atoms with E-state index in [2.05, 4.69) is 60.8 Å². The summed E-state index contributed by atoms with van der Waals surface area (Å²) in [6.07, 6.45) is 0. The second-order valence-corrected chi connectivity index (χ2v) is 6.61. The molecule has 0 aliphatic heterocycles. The highest BCUT2D eigenvalue weighted by molar-refractivity contribution is 5.67. The van der Waals surface area contributed by atoms with Crippen LogP contribution in [0.25, 0.3) is 11.1 Å². The van der Waals surface area contributed by atoms with Crippen molar-refractivity contribution < 1.29 is 14.2 Å². The van der Waals surface area contributed by atoms with Gasteiger partial charge in [0, 0.05) is 18.7 Å². The number of aryl methyl sites for hydroxylation is 1. The average molecular weight is 377 g/mol. The van der Waals surface area contributed by atoms with E-state index in [1.54, 1.807) is 21.3 Å². The van der Waals surface area contributed by atoms with Gasteiger partial charge in [-0.05, 0) is 41.3 Å². The molecule has 0 aliphatic carbocycles. The van der Waals surface area contributed by atoms with Gasteiger partial charge in [0.15, 0.2) is 11.5 Å². The summed E-state index contributed by atoms with van der Waals surface area (Å²) in [5, 5.41) is 3.50. The van der Waals surface area contributed by atoms with Crippen LogP contribution in [0.15, 0.2) is 60.7 Å². The fourth-order valence-corrected chi connectivity index (χ4v) is 3.39. The molecule has 0 aliphatic rings. The molecule has 0 unspecified atom stereocenters. The molecule has 0 heterocycles. The van der Waals surface area contributed by atoms with Gasteiger partial charge < -0.3 is 19.5 Å². The zero-order valence-corrected chi connectivity index (χ0v) is 16.9. The van der Waals surface area contributed by atoms with E-state index in [0.717, 1.165) is 12.1 Å². The van der Waals surface area contributed by atoms with Crippen LogP contribution in [-0.2, 0) is 13.1 Å². The molecule has 3 aromatic rings. The van der Waals surface area contributed by atoms with Crippen molar-refractivity contribution in [3.63, 3.8) is 0 Å². The van der Waals surface area contributed by atoms with Gasteiger partial charge in [-0.2, -0.15) is 0 Å². The van der Waals surface area contributed by atoms with Crippen molar-refractivity contribution in [2.45, 2.75) is 20.0 Å². The number of methoxy groups -OCH3 is 3. The molecule has 0 spiro atoms. The zero-order chi connectivity index (χ0) is 19.9. The molecule has 4 nitrogen and oxygen atoms in total. The lowest BCUT2D eigenvalue weighted by atomic mass is 9.99. The van der Waals surface area contributed by atoms with Crippen LogP contribution in [0.2, 0.25) is 0 Å². The van der Waals surface area contributed by atoms with Crippen LogP contribution in [0.3, 0.4) is 0 Å². The molecule has 3 rings (SSSR count). The van der Waals surface area contributed by atoms with Crippen molar-refractivity contribution >= 4 is 0 Å². The van der Waals surface area contributed by atoms with Crippen LogP contribution in [0.4, 0.5) is 0 Å². The predicted octanol–water partition coefficient (Wildman–Crippen LogP) is 4.98. The Bertz CT molecular complexity index is 937. The fourth-order valence-electron chi connectivity index (χ4n) is 3.39. The smallest absolute Gasteiger partial charge is 0.203 e. The monoisotopic (exact) mass is 377 g/mol. The van der Waals surface area contributed by atoms with Crippen LogP contribution >= 0.6 is 0 Å². The summed E-state index contributed by atoms with van der Waals surface area (Å²) >= 11 is 0. The van der Waals surface area contributed by atoms with E-state index in [9.17, 15) is 0 Å². The molecule has 3 aromatic carbocycles. The molecule has 0 amide bonds. The zero-order valence-electron chi connectivity index (χ0n) is 16.9. The average Bonchev–Trinajstić information content (AvgIpc) is 2.73. The quantitative estimate of drug-likeness (QED) is 0.601. The Balaban J connectivity index is 1.72. The maximum atomic E-state index is 5.56. The second kappa shape index (κ2) is 9.29. The molecule has 146 valence electrons.